The number of benzene rings is 1. The maximum Gasteiger partial charge on any atom is 0.101 e. The van der Waals surface area contributed by atoms with E-state index in [1.54, 1.807) is 0 Å². The molecule has 1 aliphatic carbocycles. The summed E-state index contributed by atoms with van der Waals surface area (Å²) in [4.78, 5) is 0. The molecule has 1 atom stereocenters. The van der Waals surface area contributed by atoms with Crippen LogP contribution < -0.4 is 11.1 Å². The highest BCUT2D eigenvalue weighted by molar-refractivity contribution is 5.58. The van der Waals surface area contributed by atoms with Crippen LogP contribution in [0, 0.1) is 24.2 Å². The Labute approximate surface area is 96.3 Å². The summed E-state index contributed by atoms with van der Waals surface area (Å²) in [6.07, 6.45) is 2.50. The molecule has 84 valence electrons. The summed E-state index contributed by atoms with van der Waals surface area (Å²) < 4.78 is 0. The van der Waals surface area contributed by atoms with Gasteiger partial charge in [0.2, 0.25) is 0 Å². The molecule has 1 aromatic carbocycles. The van der Waals surface area contributed by atoms with Gasteiger partial charge in [0.05, 0.1) is 11.3 Å². The Morgan fingerprint density at radius 1 is 1.56 bits per heavy atom. The van der Waals surface area contributed by atoms with E-state index < -0.39 is 0 Å². The first-order valence-corrected chi connectivity index (χ1v) is 5.71. The number of nitrogens with zero attached hydrogens (tertiary/aromatic N) is 1. The summed E-state index contributed by atoms with van der Waals surface area (Å²) in [5.41, 5.74) is 8.76. The number of anilines is 1. The molecule has 0 heterocycles. The lowest BCUT2D eigenvalue weighted by atomic mass is 10.1. The smallest absolute Gasteiger partial charge is 0.101 e. The molecule has 1 aromatic rings. The zero-order valence-electron chi connectivity index (χ0n) is 9.53. The molecule has 0 aromatic heterocycles. The predicted molar refractivity (Wildman–Crippen MR) is 65.1 cm³/mol. The fourth-order valence-electron chi connectivity index (χ4n) is 1.82. The molecule has 1 aliphatic rings. The van der Waals surface area contributed by atoms with Crippen molar-refractivity contribution in [1.29, 1.82) is 5.26 Å². The van der Waals surface area contributed by atoms with Crippen molar-refractivity contribution in [2.24, 2.45) is 11.7 Å². The SMILES string of the molecule is Cc1ccc(C#N)c(NCC(N)C2CC2)c1. The van der Waals surface area contributed by atoms with Crippen molar-refractivity contribution < 1.29 is 0 Å². The highest BCUT2D eigenvalue weighted by Gasteiger charge is 2.28. The first-order valence-electron chi connectivity index (χ1n) is 5.71. The number of nitrogens with one attached hydrogen (secondary N) is 1. The molecule has 0 amide bonds. The second-order valence-corrected chi connectivity index (χ2v) is 4.54. The topological polar surface area (TPSA) is 61.8 Å². The van der Waals surface area contributed by atoms with Gasteiger partial charge in [-0.05, 0) is 43.4 Å². The van der Waals surface area contributed by atoms with Gasteiger partial charge >= 0.3 is 0 Å². The Morgan fingerprint density at radius 2 is 2.31 bits per heavy atom. The van der Waals surface area contributed by atoms with E-state index in [1.165, 1.54) is 12.8 Å². The van der Waals surface area contributed by atoms with Gasteiger partial charge < -0.3 is 11.1 Å². The Morgan fingerprint density at radius 3 is 2.94 bits per heavy atom. The van der Waals surface area contributed by atoms with E-state index in [0.29, 0.717) is 11.5 Å². The number of nitriles is 1. The first-order chi connectivity index (χ1) is 7.70. The molecule has 0 saturated heterocycles. The van der Waals surface area contributed by atoms with Gasteiger partial charge in [-0.25, -0.2) is 0 Å². The van der Waals surface area contributed by atoms with Crippen molar-refractivity contribution in [2.75, 3.05) is 11.9 Å². The summed E-state index contributed by atoms with van der Waals surface area (Å²) in [6, 6.07) is 8.20. The molecule has 3 nitrogen and oxygen atoms in total. The van der Waals surface area contributed by atoms with Gasteiger partial charge in [0.15, 0.2) is 0 Å². The number of hydrogen-bond donors (Lipinski definition) is 2. The normalized spacial score (nSPS) is 16.6. The van der Waals surface area contributed by atoms with Gasteiger partial charge in [-0.15, -0.1) is 0 Å². The largest absolute Gasteiger partial charge is 0.382 e. The van der Waals surface area contributed by atoms with Gasteiger partial charge in [-0.1, -0.05) is 6.07 Å². The predicted octanol–water partition coefficient (Wildman–Crippen LogP) is 2.02. The lowest BCUT2D eigenvalue weighted by Gasteiger charge is -2.14. The summed E-state index contributed by atoms with van der Waals surface area (Å²) in [5, 5.41) is 12.3. The maximum atomic E-state index is 8.97. The summed E-state index contributed by atoms with van der Waals surface area (Å²) in [5.74, 6) is 0.683. The van der Waals surface area contributed by atoms with Crippen molar-refractivity contribution in [3.05, 3.63) is 29.3 Å². The Hall–Kier alpha value is -1.53. The minimum Gasteiger partial charge on any atom is -0.382 e. The zero-order valence-corrected chi connectivity index (χ0v) is 9.53. The maximum absolute atomic E-state index is 8.97. The molecule has 0 radical (unpaired) electrons. The van der Waals surface area contributed by atoms with Crippen LogP contribution in [0.15, 0.2) is 18.2 Å². The third kappa shape index (κ3) is 2.53. The van der Waals surface area contributed by atoms with E-state index in [9.17, 15) is 0 Å². The van der Waals surface area contributed by atoms with E-state index >= 15 is 0 Å². The van der Waals surface area contributed by atoms with Crippen LogP contribution in [0.4, 0.5) is 5.69 Å². The fourth-order valence-corrected chi connectivity index (χ4v) is 1.82. The van der Waals surface area contributed by atoms with E-state index in [0.717, 1.165) is 17.8 Å². The number of aryl methyl sites for hydroxylation is 1. The third-order valence-electron chi connectivity index (χ3n) is 3.05. The molecule has 3 N–H and O–H groups in total. The minimum atomic E-state index is 0.215. The highest BCUT2D eigenvalue weighted by Crippen LogP contribution is 2.31. The molecule has 2 rings (SSSR count). The minimum absolute atomic E-state index is 0.215. The quantitative estimate of drug-likeness (QED) is 0.807. The fraction of sp³-hybridized carbons (Fsp3) is 0.462. The third-order valence-corrected chi connectivity index (χ3v) is 3.05. The molecule has 16 heavy (non-hydrogen) atoms. The van der Waals surface area contributed by atoms with E-state index in [1.807, 2.05) is 25.1 Å². The molecule has 3 heteroatoms. The monoisotopic (exact) mass is 215 g/mol. The molecule has 1 fully saturated rings. The van der Waals surface area contributed by atoms with Crippen molar-refractivity contribution in [3.8, 4) is 6.07 Å². The molecule has 1 unspecified atom stereocenters. The lowest BCUT2D eigenvalue weighted by Crippen LogP contribution is -2.31. The van der Waals surface area contributed by atoms with Gasteiger partial charge in [-0.2, -0.15) is 5.26 Å². The van der Waals surface area contributed by atoms with Crippen LogP contribution in [-0.4, -0.2) is 12.6 Å². The second-order valence-electron chi connectivity index (χ2n) is 4.54. The van der Waals surface area contributed by atoms with Gasteiger partial charge in [0.1, 0.15) is 6.07 Å². The van der Waals surface area contributed by atoms with Gasteiger partial charge in [-0.3, -0.25) is 0 Å². The van der Waals surface area contributed by atoms with Gasteiger partial charge in [0.25, 0.3) is 0 Å². The molecule has 0 spiro atoms. The Kier molecular flexibility index (Phi) is 3.12. The van der Waals surface area contributed by atoms with Crippen molar-refractivity contribution in [1.82, 2.24) is 0 Å². The lowest BCUT2D eigenvalue weighted by molar-refractivity contribution is 0.621. The number of rotatable bonds is 4. The zero-order chi connectivity index (χ0) is 11.5. The van der Waals surface area contributed by atoms with Crippen LogP contribution in [0.2, 0.25) is 0 Å². The molecule has 1 saturated carbocycles. The van der Waals surface area contributed by atoms with Crippen LogP contribution in [0.3, 0.4) is 0 Å². The van der Waals surface area contributed by atoms with E-state index in [4.69, 9.17) is 11.0 Å². The standard InChI is InChI=1S/C13H17N3/c1-9-2-3-11(7-14)13(6-9)16-8-12(15)10-4-5-10/h2-3,6,10,12,16H,4-5,8,15H2,1H3. The number of hydrogen-bond acceptors (Lipinski definition) is 3. The molecule has 0 aliphatic heterocycles. The molecule has 0 bridgehead atoms. The van der Waals surface area contributed by atoms with Crippen LogP contribution in [0.5, 0.6) is 0 Å². The van der Waals surface area contributed by atoms with Crippen LogP contribution >= 0.6 is 0 Å². The second kappa shape index (κ2) is 4.54. The first kappa shape index (κ1) is 11.0. The van der Waals surface area contributed by atoms with E-state index in [2.05, 4.69) is 11.4 Å². The average molecular weight is 215 g/mol. The van der Waals surface area contributed by atoms with Crippen molar-refractivity contribution >= 4 is 5.69 Å². The number of nitrogens with two attached hydrogens (primary N) is 1. The molecular formula is C13H17N3. The van der Waals surface area contributed by atoms with Crippen LogP contribution in [0.1, 0.15) is 24.0 Å². The Balaban J connectivity index is 2.02. The van der Waals surface area contributed by atoms with Crippen LogP contribution in [0.25, 0.3) is 0 Å². The molecular weight excluding hydrogens is 198 g/mol. The van der Waals surface area contributed by atoms with Gasteiger partial charge in [0, 0.05) is 12.6 Å². The summed E-state index contributed by atoms with van der Waals surface area (Å²) >= 11 is 0. The Bertz CT molecular complexity index is 416. The summed E-state index contributed by atoms with van der Waals surface area (Å²) in [6.45, 7) is 2.77. The van der Waals surface area contributed by atoms with Crippen molar-refractivity contribution in [2.45, 2.75) is 25.8 Å². The van der Waals surface area contributed by atoms with Crippen molar-refractivity contribution in [3.63, 3.8) is 0 Å². The van der Waals surface area contributed by atoms with E-state index in [-0.39, 0.29) is 6.04 Å². The summed E-state index contributed by atoms with van der Waals surface area (Å²) in [7, 11) is 0. The average Bonchev–Trinajstić information content (AvgIpc) is 3.10. The highest BCUT2D eigenvalue weighted by atomic mass is 14.9. The van der Waals surface area contributed by atoms with Crippen LogP contribution in [-0.2, 0) is 0 Å².